The Kier molecular flexibility index (Phi) is 6.29. The van der Waals surface area contributed by atoms with Crippen molar-refractivity contribution in [3.05, 3.63) is 78.4 Å². The van der Waals surface area contributed by atoms with Gasteiger partial charge in [0.15, 0.2) is 0 Å². The quantitative estimate of drug-likeness (QED) is 0.327. The molecule has 0 spiro atoms. The molecule has 5 nitrogen and oxygen atoms in total. The largest absolute Gasteiger partial charge is 0.573 e. The molecule has 0 aromatic heterocycles. The molecule has 172 valence electrons. The summed E-state index contributed by atoms with van der Waals surface area (Å²) in [6.45, 7) is 3.98. The van der Waals surface area contributed by atoms with Crippen molar-refractivity contribution in [2.24, 2.45) is 5.41 Å². The number of carbonyl (C=O) groups excluding carboxylic acids is 1. The van der Waals surface area contributed by atoms with Crippen LogP contribution in [0.2, 0.25) is 0 Å². The van der Waals surface area contributed by atoms with Crippen LogP contribution < -0.4 is 14.2 Å². The van der Waals surface area contributed by atoms with Gasteiger partial charge in [0.2, 0.25) is 0 Å². The molecule has 3 aromatic rings. The molecule has 4 rings (SSSR count). The molecule has 1 aliphatic rings. The fourth-order valence-corrected chi connectivity index (χ4v) is 3.21. The van der Waals surface area contributed by atoms with Crippen LogP contribution in [0.1, 0.15) is 17.3 Å². The van der Waals surface area contributed by atoms with E-state index < -0.39 is 12.3 Å². The van der Waals surface area contributed by atoms with Crippen molar-refractivity contribution >= 4 is 5.97 Å². The van der Waals surface area contributed by atoms with E-state index in [-0.39, 0.29) is 11.2 Å². The Morgan fingerprint density at radius 1 is 0.848 bits per heavy atom. The lowest BCUT2D eigenvalue weighted by molar-refractivity contribution is -0.274. The smallest absolute Gasteiger partial charge is 0.493 e. The van der Waals surface area contributed by atoms with Crippen LogP contribution >= 0.6 is 0 Å². The van der Waals surface area contributed by atoms with Gasteiger partial charge in [-0.1, -0.05) is 31.2 Å². The van der Waals surface area contributed by atoms with Crippen molar-refractivity contribution in [3.8, 4) is 28.4 Å². The number of ether oxygens (including phenoxy) is 4. The first-order valence-electron chi connectivity index (χ1n) is 10.2. The molecular weight excluding hydrogens is 437 g/mol. The number of rotatable bonds is 7. The molecule has 0 radical (unpaired) electrons. The molecule has 33 heavy (non-hydrogen) atoms. The maximum Gasteiger partial charge on any atom is 0.573 e. The van der Waals surface area contributed by atoms with Crippen molar-refractivity contribution in [1.82, 2.24) is 0 Å². The summed E-state index contributed by atoms with van der Waals surface area (Å²) < 4.78 is 57.1. The van der Waals surface area contributed by atoms with Crippen LogP contribution in [0.3, 0.4) is 0 Å². The average Bonchev–Trinajstić information content (AvgIpc) is 2.77. The van der Waals surface area contributed by atoms with Gasteiger partial charge in [-0.05, 0) is 59.7 Å². The molecule has 0 aliphatic carbocycles. The minimum Gasteiger partial charge on any atom is -0.493 e. The molecule has 0 unspecified atom stereocenters. The van der Waals surface area contributed by atoms with E-state index >= 15 is 0 Å². The first-order chi connectivity index (χ1) is 15.7. The van der Waals surface area contributed by atoms with Gasteiger partial charge >= 0.3 is 12.3 Å². The number of benzene rings is 3. The monoisotopic (exact) mass is 458 g/mol. The van der Waals surface area contributed by atoms with Crippen LogP contribution in [0.4, 0.5) is 13.2 Å². The molecule has 1 heterocycles. The van der Waals surface area contributed by atoms with Gasteiger partial charge in [0.05, 0.1) is 25.4 Å². The Morgan fingerprint density at radius 2 is 1.36 bits per heavy atom. The minimum atomic E-state index is -4.73. The molecule has 1 aliphatic heterocycles. The van der Waals surface area contributed by atoms with Gasteiger partial charge in [-0.25, -0.2) is 4.79 Å². The number of carbonyl (C=O) groups is 1. The van der Waals surface area contributed by atoms with Crippen molar-refractivity contribution in [1.29, 1.82) is 0 Å². The number of esters is 1. The molecule has 0 saturated carbocycles. The molecule has 8 heteroatoms. The van der Waals surface area contributed by atoms with Gasteiger partial charge in [-0.3, -0.25) is 0 Å². The van der Waals surface area contributed by atoms with Crippen LogP contribution in [0.25, 0.3) is 11.1 Å². The zero-order chi connectivity index (χ0) is 23.5. The van der Waals surface area contributed by atoms with E-state index in [4.69, 9.17) is 14.2 Å². The maximum atomic E-state index is 12.4. The summed E-state index contributed by atoms with van der Waals surface area (Å²) >= 11 is 0. The highest BCUT2D eigenvalue weighted by atomic mass is 19.4. The van der Waals surface area contributed by atoms with Crippen molar-refractivity contribution in [2.45, 2.75) is 13.3 Å². The highest BCUT2D eigenvalue weighted by Crippen LogP contribution is 2.29. The highest BCUT2D eigenvalue weighted by molar-refractivity contribution is 5.91. The lowest BCUT2D eigenvalue weighted by Crippen LogP contribution is -2.44. The fraction of sp³-hybridized carbons (Fsp3) is 0.240. The molecule has 0 N–H and O–H groups in total. The maximum absolute atomic E-state index is 12.4. The summed E-state index contributed by atoms with van der Waals surface area (Å²) in [6.07, 6.45) is -4.73. The fourth-order valence-electron chi connectivity index (χ4n) is 3.21. The lowest BCUT2D eigenvalue weighted by atomic mass is 9.90. The molecular formula is C25H21F3O5. The van der Waals surface area contributed by atoms with Crippen molar-refractivity contribution in [3.63, 3.8) is 0 Å². The van der Waals surface area contributed by atoms with Gasteiger partial charge in [-0.2, -0.15) is 0 Å². The topological polar surface area (TPSA) is 54.0 Å². The summed E-state index contributed by atoms with van der Waals surface area (Å²) in [5, 5.41) is 0. The molecule has 0 amide bonds. The van der Waals surface area contributed by atoms with Crippen LogP contribution in [0.5, 0.6) is 17.2 Å². The molecule has 1 saturated heterocycles. The summed E-state index contributed by atoms with van der Waals surface area (Å²) in [4.78, 5) is 12.4. The summed E-state index contributed by atoms with van der Waals surface area (Å²) in [5.41, 5.74) is 1.86. The Balaban J connectivity index is 1.33. The number of hydrogen-bond donors (Lipinski definition) is 0. The zero-order valence-electron chi connectivity index (χ0n) is 17.7. The predicted molar refractivity (Wildman–Crippen MR) is 114 cm³/mol. The Bertz CT molecular complexity index is 1090. The van der Waals surface area contributed by atoms with Gasteiger partial charge in [0.1, 0.15) is 17.2 Å². The van der Waals surface area contributed by atoms with Crippen LogP contribution in [0.15, 0.2) is 72.8 Å². The van der Waals surface area contributed by atoms with Crippen molar-refractivity contribution < 1.29 is 36.9 Å². The SMILES string of the molecule is CC1(COc2ccc(C(=O)Oc3ccc(-c4ccc(OC(F)(F)F)cc4)cc3)cc2)COC1. The third kappa shape index (κ3) is 6.04. The van der Waals surface area contributed by atoms with Crippen LogP contribution in [0, 0.1) is 5.41 Å². The van der Waals surface area contributed by atoms with E-state index in [0.29, 0.717) is 42.4 Å². The third-order valence-corrected chi connectivity index (χ3v) is 5.06. The first-order valence-corrected chi connectivity index (χ1v) is 10.2. The Morgan fingerprint density at radius 3 is 1.85 bits per heavy atom. The van der Waals surface area contributed by atoms with E-state index in [1.54, 1.807) is 48.5 Å². The predicted octanol–water partition coefficient (Wildman–Crippen LogP) is 5.89. The van der Waals surface area contributed by atoms with Gasteiger partial charge in [0, 0.05) is 5.41 Å². The normalized spacial score (nSPS) is 14.8. The molecule has 1 fully saturated rings. The van der Waals surface area contributed by atoms with E-state index in [9.17, 15) is 18.0 Å². The minimum absolute atomic E-state index is 0.0304. The Hall–Kier alpha value is -3.52. The second-order valence-electron chi connectivity index (χ2n) is 8.10. The summed E-state index contributed by atoms with van der Waals surface area (Å²) in [6, 6.07) is 18.9. The summed E-state index contributed by atoms with van der Waals surface area (Å²) in [7, 11) is 0. The second kappa shape index (κ2) is 9.15. The number of alkyl halides is 3. The zero-order valence-corrected chi connectivity index (χ0v) is 17.7. The summed E-state index contributed by atoms with van der Waals surface area (Å²) in [5.74, 6) is 0.205. The number of halogens is 3. The first kappa shape index (κ1) is 22.7. The van der Waals surface area contributed by atoms with Crippen LogP contribution in [-0.2, 0) is 4.74 Å². The molecule has 3 aromatic carbocycles. The average molecular weight is 458 g/mol. The van der Waals surface area contributed by atoms with Crippen molar-refractivity contribution in [2.75, 3.05) is 19.8 Å². The third-order valence-electron chi connectivity index (χ3n) is 5.06. The van der Waals surface area contributed by atoms with E-state index in [2.05, 4.69) is 11.7 Å². The van der Waals surface area contributed by atoms with Gasteiger partial charge < -0.3 is 18.9 Å². The number of hydrogen-bond acceptors (Lipinski definition) is 5. The molecule has 0 atom stereocenters. The van der Waals surface area contributed by atoms with E-state index in [0.717, 1.165) is 5.56 Å². The standard InChI is InChI=1S/C25H21F3O5/c1-24(14-30-15-24)16-31-20-8-6-19(7-9-20)23(29)32-21-10-2-17(3-11-21)18-4-12-22(13-5-18)33-25(26,27)28/h2-13H,14-16H2,1H3. The highest BCUT2D eigenvalue weighted by Gasteiger charge is 2.34. The Labute approximate surface area is 188 Å². The van der Waals surface area contributed by atoms with E-state index in [1.807, 2.05) is 0 Å². The van der Waals surface area contributed by atoms with Gasteiger partial charge in [-0.15, -0.1) is 13.2 Å². The van der Waals surface area contributed by atoms with Gasteiger partial charge in [0.25, 0.3) is 0 Å². The molecule has 0 bridgehead atoms. The second-order valence-corrected chi connectivity index (χ2v) is 8.10. The van der Waals surface area contributed by atoms with E-state index in [1.165, 1.54) is 24.3 Å². The lowest BCUT2D eigenvalue weighted by Gasteiger charge is -2.37. The van der Waals surface area contributed by atoms with Crippen LogP contribution in [-0.4, -0.2) is 32.2 Å².